The molecule has 0 bridgehead atoms. The molecule has 0 radical (unpaired) electrons. The molecule has 4 aromatic rings. The van der Waals surface area contributed by atoms with Crippen LogP contribution in [0, 0.1) is 0 Å². The van der Waals surface area contributed by atoms with Crippen LogP contribution in [0.1, 0.15) is 22.0 Å². The topological polar surface area (TPSA) is 47.8 Å². The molecule has 0 unspecified atom stereocenters. The third-order valence-corrected chi connectivity index (χ3v) is 5.80. The molecule has 5 heteroatoms. The van der Waals surface area contributed by atoms with E-state index in [1.807, 2.05) is 42.5 Å². The minimum atomic E-state index is -0.00800. The second-order valence-corrected chi connectivity index (χ2v) is 7.44. The van der Waals surface area contributed by atoms with E-state index in [2.05, 4.69) is 40.4 Å². The number of rotatable bonds is 2. The van der Waals surface area contributed by atoms with E-state index in [-0.39, 0.29) is 11.2 Å². The van der Waals surface area contributed by atoms with E-state index >= 15 is 0 Å². The first-order valence-corrected chi connectivity index (χ1v) is 9.37. The molecule has 5 rings (SSSR count). The number of carbonyl (C=O) groups excluding carboxylic acids is 1. The first-order chi connectivity index (χ1) is 12.8. The Morgan fingerprint density at radius 3 is 2.58 bits per heavy atom. The molecule has 0 N–H and O–H groups in total. The fraction of sp³-hybridized carbons (Fsp3) is 0.0952. The summed E-state index contributed by atoms with van der Waals surface area (Å²) >= 11 is 1.61. The quantitative estimate of drug-likeness (QED) is 0.508. The monoisotopic (exact) mass is 357 g/mol. The summed E-state index contributed by atoms with van der Waals surface area (Å²) in [4.78, 5) is 17.3. The minimum absolute atomic E-state index is 0.00800. The van der Waals surface area contributed by atoms with Gasteiger partial charge in [0.2, 0.25) is 0 Å². The highest BCUT2D eigenvalue weighted by Crippen LogP contribution is 2.43. The molecular weight excluding hydrogens is 342 g/mol. The van der Waals surface area contributed by atoms with E-state index in [4.69, 9.17) is 0 Å². The van der Waals surface area contributed by atoms with Gasteiger partial charge >= 0.3 is 0 Å². The predicted octanol–water partition coefficient (Wildman–Crippen LogP) is 4.98. The fourth-order valence-corrected chi connectivity index (χ4v) is 4.56. The van der Waals surface area contributed by atoms with Crippen molar-refractivity contribution < 1.29 is 4.79 Å². The van der Waals surface area contributed by atoms with Gasteiger partial charge in [-0.3, -0.25) is 4.79 Å². The van der Waals surface area contributed by atoms with Gasteiger partial charge in [0.15, 0.2) is 11.0 Å². The van der Waals surface area contributed by atoms with Crippen LogP contribution in [0.2, 0.25) is 0 Å². The Kier molecular flexibility index (Phi) is 3.60. The molecule has 4 nitrogen and oxygen atoms in total. The van der Waals surface area contributed by atoms with Crippen LogP contribution >= 0.6 is 11.8 Å². The normalized spacial score (nSPS) is 16.6. The number of hydrogen-bond acceptors (Lipinski definition) is 4. The van der Waals surface area contributed by atoms with Gasteiger partial charge in [-0.1, -0.05) is 84.6 Å². The van der Waals surface area contributed by atoms with Crippen molar-refractivity contribution in [1.29, 1.82) is 0 Å². The Labute approximate surface area is 154 Å². The Hall–Kier alpha value is -2.92. The lowest BCUT2D eigenvalue weighted by Gasteiger charge is -2.21. The number of hydrogen-bond donors (Lipinski definition) is 0. The highest BCUT2D eigenvalue weighted by atomic mass is 32.2. The van der Waals surface area contributed by atoms with E-state index in [9.17, 15) is 4.79 Å². The predicted molar refractivity (Wildman–Crippen MR) is 103 cm³/mol. The summed E-state index contributed by atoms with van der Waals surface area (Å²) in [6, 6.07) is 24.3. The minimum Gasteiger partial charge on any atom is -0.272 e. The maximum Gasteiger partial charge on any atom is 0.250 e. The van der Waals surface area contributed by atoms with Gasteiger partial charge in [0.05, 0.1) is 0 Å². The third-order valence-electron chi connectivity index (χ3n) is 4.62. The molecule has 0 aliphatic carbocycles. The molecule has 0 saturated carbocycles. The van der Waals surface area contributed by atoms with Crippen LogP contribution in [0.15, 0.2) is 78.0 Å². The lowest BCUT2D eigenvalue weighted by atomic mass is 10.0. The average molecular weight is 357 g/mol. The summed E-state index contributed by atoms with van der Waals surface area (Å²) in [5.74, 6) is 0.589. The van der Waals surface area contributed by atoms with Crippen molar-refractivity contribution in [3.05, 3.63) is 78.4 Å². The van der Waals surface area contributed by atoms with Crippen LogP contribution < -0.4 is 0 Å². The Morgan fingerprint density at radius 1 is 0.923 bits per heavy atom. The molecule has 0 spiro atoms. The summed E-state index contributed by atoms with van der Waals surface area (Å²) in [5.41, 5.74) is 2.10. The third kappa shape index (κ3) is 2.52. The molecule has 0 saturated heterocycles. The van der Waals surface area contributed by atoms with E-state index in [1.165, 1.54) is 21.0 Å². The van der Waals surface area contributed by atoms with Crippen molar-refractivity contribution >= 4 is 28.4 Å². The van der Waals surface area contributed by atoms with Crippen molar-refractivity contribution in [1.82, 2.24) is 14.8 Å². The number of fused-ring (bicyclic) bond motifs is 2. The molecule has 3 aromatic carbocycles. The van der Waals surface area contributed by atoms with Crippen molar-refractivity contribution in [2.24, 2.45) is 0 Å². The Morgan fingerprint density at radius 2 is 1.69 bits per heavy atom. The molecule has 26 heavy (non-hydrogen) atoms. The van der Waals surface area contributed by atoms with Gasteiger partial charge in [0.25, 0.3) is 5.91 Å². The van der Waals surface area contributed by atoms with Crippen molar-refractivity contribution in [2.45, 2.75) is 16.8 Å². The molecule has 126 valence electrons. The van der Waals surface area contributed by atoms with Crippen molar-refractivity contribution in [2.75, 3.05) is 0 Å². The smallest absolute Gasteiger partial charge is 0.250 e. The van der Waals surface area contributed by atoms with E-state index in [0.29, 0.717) is 17.4 Å². The van der Waals surface area contributed by atoms with Gasteiger partial charge in [0.1, 0.15) is 0 Å². The molecule has 0 amide bonds. The summed E-state index contributed by atoms with van der Waals surface area (Å²) in [7, 11) is 0. The van der Waals surface area contributed by atoms with Crippen LogP contribution in [0.5, 0.6) is 0 Å². The van der Waals surface area contributed by atoms with Gasteiger partial charge in [0, 0.05) is 17.2 Å². The van der Waals surface area contributed by atoms with Crippen LogP contribution in [-0.2, 0) is 0 Å². The van der Waals surface area contributed by atoms with Crippen molar-refractivity contribution in [3.8, 4) is 11.4 Å². The summed E-state index contributed by atoms with van der Waals surface area (Å²) < 4.78 is 1.45. The number of aromatic nitrogens is 3. The highest BCUT2D eigenvalue weighted by Gasteiger charge is 2.30. The zero-order chi connectivity index (χ0) is 17.5. The summed E-state index contributed by atoms with van der Waals surface area (Å²) in [6.07, 6.45) is 0.420. The second kappa shape index (κ2) is 6.11. The molecule has 0 fully saturated rings. The summed E-state index contributed by atoms with van der Waals surface area (Å²) in [6.45, 7) is 0. The van der Waals surface area contributed by atoms with Gasteiger partial charge in [-0.2, -0.15) is 4.68 Å². The molecule has 1 aliphatic heterocycles. The Bertz CT molecular complexity index is 1120. The van der Waals surface area contributed by atoms with Crippen LogP contribution in [0.3, 0.4) is 0 Å². The fourth-order valence-electron chi connectivity index (χ4n) is 3.36. The SMILES string of the molecule is O=C1C[C@H](c2cccc3ccccc23)Sc2nc(-c3ccccc3)nn21. The standard InChI is InChI=1S/C21H15N3OS/c25-19-13-18(17-12-6-10-14-7-4-5-11-16(14)17)26-21-22-20(23-24(19)21)15-8-2-1-3-9-15/h1-12,18H,13H2/t18-/m1/s1. The molecule has 1 aliphatic rings. The van der Waals surface area contributed by atoms with E-state index in [0.717, 1.165) is 5.56 Å². The van der Waals surface area contributed by atoms with Crippen LogP contribution in [0.4, 0.5) is 0 Å². The average Bonchev–Trinajstić information content (AvgIpc) is 3.13. The lowest BCUT2D eigenvalue weighted by Crippen LogP contribution is -2.21. The van der Waals surface area contributed by atoms with Crippen LogP contribution in [0.25, 0.3) is 22.2 Å². The molecule has 1 aromatic heterocycles. The Balaban J connectivity index is 1.56. The molecular formula is C21H15N3OS. The first-order valence-electron chi connectivity index (χ1n) is 8.49. The van der Waals surface area contributed by atoms with Gasteiger partial charge in [-0.05, 0) is 16.3 Å². The maximum atomic E-state index is 12.7. The van der Waals surface area contributed by atoms with Gasteiger partial charge in [-0.15, -0.1) is 5.10 Å². The number of benzene rings is 3. The summed E-state index contributed by atoms with van der Waals surface area (Å²) in [5, 5.41) is 7.52. The maximum absolute atomic E-state index is 12.7. The van der Waals surface area contributed by atoms with Gasteiger partial charge in [-0.25, -0.2) is 4.98 Å². The van der Waals surface area contributed by atoms with E-state index < -0.39 is 0 Å². The second-order valence-electron chi connectivity index (χ2n) is 6.27. The van der Waals surface area contributed by atoms with E-state index in [1.54, 1.807) is 11.8 Å². The zero-order valence-electron chi connectivity index (χ0n) is 13.9. The zero-order valence-corrected chi connectivity index (χ0v) is 14.7. The highest BCUT2D eigenvalue weighted by molar-refractivity contribution is 7.99. The van der Waals surface area contributed by atoms with Gasteiger partial charge < -0.3 is 0 Å². The van der Waals surface area contributed by atoms with Crippen LogP contribution in [-0.4, -0.2) is 20.7 Å². The lowest BCUT2D eigenvalue weighted by molar-refractivity contribution is 0.0868. The first kappa shape index (κ1) is 15.3. The molecule has 2 heterocycles. The van der Waals surface area contributed by atoms with Crippen molar-refractivity contribution in [3.63, 3.8) is 0 Å². The number of carbonyl (C=O) groups is 1. The molecule has 1 atom stereocenters. The number of thioether (sulfide) groups is 1. The largest absolute Gasteiger partial charge is 0.272 e. The number of nitrogens with zero attached hydrogens (tertiary/aromatic N) is 3.